The van der Waals surface area contributed by atoms with Crippen molar-refractivity contribution in [1.29, 1.82) is 0 Å². The van der Waals surface area contributed by atoms with Crippen LogP contribution in [0.3, 0.4) is 0 Å². The van der Waals surface area contributed by atoms with Crippen LogP contribution in [0.2, 0.25) is 10.0 Å². The number of halogens is 2. The van der Waals surface area contributed by atoms with Gasteiger partial charge in [0.15, 0.2) is 0 Å². The molecule has 5 nitrogen and oxygen atoms in total. The van der Waals surface area contributed by atoms with E-state index >= 15 is 0 Å². The number of benzene rings is 2. The number of carbonyl (C=O) groups is 2. The predicted octanol–water partition coefficient (Wildman–Crippen LogP) is 5.94. The van der Waals surface area contributed by atoms with E-state index in [2.05, 4.69) is 5.32 Å². The fourth-order valence-electron chi connectivity index (χ4n) is 4.00. The highest BCUT2D eigenvalue weighted by atomic mass is 35.5. The Kier molecular flexibility index (Phi) is 9.45. The second-order valence-corrected chi connectivity index (χ2v) is 9.52. The maximum atomic E-state index is 13.2. The van der Waals surface area contributed by atoms with Crippen molar-refractivity contribution >= 4 is 35.0 Å². The molecule has 1 saturated carbocycles. The van der Waals surface area contributed by atoms with Gasteiger partial charge in [0, 0.05) is 19.0 Å². The molecule has 0 unspecified atom stereocenters. The zero-order chi connectivity index (χ0) is 23.8. The van der Waals surface area contributed by atoms with E-state index in [4.69, 9.17) is 27.9 Å². The molecule has 2 amide bonds. The average molecular weight is 491 g/mol. The molecule has 0 saturated heterocycles. The maximum absolute atomic E-state index is 13.2. The van der Waals surface area contributed by atoms with Crippen molar-refractivity contribution in [2.24, 2.45) is 0 Å². The van der Waals surface area contributed by atoms with Gasteiger partial charge in [0.05, 0.1) is 16.7 Å². The first kappa shape index (κ1) is 25.4. The van der Waals surface area contributed by atoms with Crippen LogP contribution in [0.1, 0.15) is 56.6 Å². The molecule has 1 aliphatic rings. The van der Waals surface area contributed by atoms with Gasteiger partial charge >= 0.3 is 0 Å². The molecule has 178 valence electrons. The number of hydrogen-bond acceptors (Lipinski definition) is 3. The molecule has 2 aromatic carbocycles. The van der Waals surface area contributed by atoms with Crippen LogP contribution in [0.25, 0.3) is 0 Å². The van der Waals surface area contributed by atoms with Gasteiger partial charge in [0.1, 0.15) is 11.8 Å². The summed E-state index contributed by atoms with van der Waals surface area (Å²) in [7, 11) is 0. The van der Waals surface area contributed by atoms with Crippen LogP contribution in [0, 0.1) is 6.92 Å². The van der Waals surface area contributed by atoms with Gasteiger partial charge in [-0.25, -0.2) is 0 Å². The fourth-order valence-corrected chi connectivity index (χ4v) is 4.32. The van der Waals surface area contributed by atoms with E-state index in [1.54, 1.807) is 24.0 Å². The summed E-state index contributed by atoms with van der Waals surface area (Å²) in [5.41, 5.74) is 1.99. The van der Waals surface area contributed by atoms with Crippen LogP contribution in [0.4, 0.5) is 0 Å². The van der Waals surface area contributed by atoms with E-state index in [0.29, 0.717) is 23.1 Å². The number of amides is 2. The summed E-state index contributed by atoms with van der Waals surface area (Å²) in [5.74, 6) is 0.568. The van der Waals surface area contributed by atoms with Crippen molar-refractivity contribution in [2.45, 2.75) is 71.0 Å². The molecular weight excluding hydrogens is 459 g/mol. The molecule has 7 heteroatoms. The highest BCUT2D eigenvalue weighted by Crippen LogP contribution is 2.24. The summed E-state index contributed by atoms with van der Waals surface area (Å²) in [5, 5.41) is 3.99. The first-order chi connectivity index (χ1) is 15.8. The predicted molar refractivity (Wildman–Crippen MR) is 133 cm³/mol. The van der Waals surface area contributed by atoms with Crippen LogP contribution in [-0.4, -0.2) is 35.4 Å². The first-order valence-corrected chi connectivity index (χ1v) is 12.3. The molecule has 33 heavy (non-hydrogen) atoms. The molecule has 1 atom stereocenters. The Morgan fingerprint density at radius 2 is 1.79 bits per heavy atom. The van der Waals surface area contributed by atoms with Crippen LogP contribution < -0.4 is 10.1 Å². The number of ether oxygens (including phenoxy) is 1. The third-order valence-corrected chi connectivity index (χ3v) is 6.77. The van der Waals surface area contributed by atoms with E-state index < -0.39 is 6.04 Å². The molecular formula is C26H32Cl2N2O3. The Hall–Kier alpha value is -2.24. The Bertz CT molecular complexity index is 943. The number of aryl methyl sites for hydroxylation is 1. The van der Waals surface area contributed by atoms with Crippen molar-refractivity contribution in [3.8, 4) is 5.75 Å². The maximum Gasteiger partial charge on any atom is 0.242 e. The molecule has 1 fully saturated rings. The minimum Gasteiger partial charge on any atom is -0.494 e. The van der Waals surface area contributed by atoms with Gasteiger partial charge in [-0.1, -0.05) is 59.8 Å². The number of carbonyl (C=O) groups excluding carboxylic acids is 2. The Labute approximate surface area is 206 Å². The summed E-state index contributed by atoms with van der Waals surface area (Å²) in [6.45, 7) is 4.52. The second-order valence-electron chi connectivity index (χ2n) is 8.70. The van der Waals surface area contributed by atoms with Gasteiger partial charge in [-0.15, -0.1) is 0 Å². The average Bonchev–Trinajstić information content (AvgIpc) is 3.31. The number of rotatable bonds is 10. The van der Waals surface area contributed by atoms with Gasteiger partial charge in [-0.2, -0.15) is 0 Å². The van der Waals surface area contributed by atoms with E-state index in [-0.39, 0.29) is 30.8 Å². The van der Waals surface area contributed by atoms with Crippen molar-refractivity contribution in [1.82, 2.24) is 10.2 Å². The Morgan fingerprint density at radius 3 is 2.45 bits per heavy atom. The Balaban J connectivity index is 1.62. The molecule has 0 aliphatic heterocycles. The molecule has 0 spiro atoms. The first-order valence-electron chi connectivity index (χ1n) is 11.6. The number of nitrogens with zero attached hydrogens (tertiary/aromatic N) is 1. The largest absolute Gasteiger partial charge is 0.494 e. The molecule has 1 aliphatic carbocycles. The van der Waals surface area contributed by atoms with Crippen LogP contribution in [0.15, 0.2) is 42.5 Å². The highest BCUT2D eigenvalue weighted by molar-refractivity contribution is 6.42. The molecule has 0 bridgehead atoms. The van der Waals surface area contributed by atoms with E-state index in [0.717, 1.165) is 37.0 Å². The molecule has 2 aromatic rings. The van der Waals surface area contributed by atoms with Crippen LogP contribution in [-0.2, 0) is 16.1 Å². The third kappa shape index (κ3) is 7.65. The van der Waals surface area contributed by atoms with Crippen LogP contribution in [0.5, 0.6) is 5.75 Å². The van der Waals surface area contributed by atoms with Gasteiger partial charge in [-0.05, 0) is 62.9 Å². The molecule has 1 N–H and O–H groups in total. The molecule has 0 radical (unpaired) electrons. The quantitative estimate of drug-likeness (QED) is 0.419. The lowest BCUT2D eigenvalue weighted by molar-refractivity contribution is -0.141. The van der Waals surface area contributed by atoms with E-state index in [1.165, 1.54) is 5.56 Å². The second kappa shape index (κ2) is 12.3. The van der Waals surface area contributed by atoms with Crippen LogP contribution >= 0.6 is 23.2 Å². The number of hydrogen-bond donors (Lipinski definition) is 1. The SMILES string of the molecule is Cc1ccc(OCCCC(=O)N(Cc2ccc(Cl)c(Cl)c2)[C@@H](C)C(=O)NC2CCCC2)cc1. The zero-order valence-corrected chi connectivity index (χ0v) is 20.8. The summed E-state index contributed by atoms with van der Waals surface area (Å²) in [4.78, 5) is 27.7. The van der Waals surface area contributed by atoms with Gasteiger partial charge in [0.2, 0.25) is 11.8 Å². The lowest BCUT2D eigenvalue weighted by atomic mass is 10.1. The van der Waals surface area contributed by atoms with Crippen molar-refractivity contribution in [3.63, 3.8) is 0 Å². The standard InChI is InChI=1S/C26H32Cl2N2O3/c1-18-9-12-22(13-10-18)33-15-5-8-25(31)30(17-20-11-14-23(27)24(28)16-20)19(2)26(32)29-21-6-3-4-7-21/h9-14,16,19,21H,3-8,15,17H2,1-2H3,(H,29,32)/t19-/m0/s1. The Morgan fingerprint density at radius 1 is 1.09 bits per heavy atom. The van der Waals surface area contributed by atoms with Crippen molar-refractivity contribution in [3.05, 3.63) is 63.6 Å². The minimum atomic E-state index is -0.592. The monoisotopic (exact) mass is 490 g/mol. The fraction of sp³-hybridized carbons (Fsp3) is 0.462. The molecule has 0 aromatic heterocycles. The highest BCUT2D eigenvalue weighted by Gasteiger charge is 2.28. The smallest absolute Gasteiger partial charge is 0.242 e. The van der Waals surface area contributed by atoms with Gasteiger partial charge in [0.25, 0.3) is 0 Å². The number of nitrogens with one attached hydrogen (secondary N) is 1. The van der Waals surface area contributed by atoms with Crippen molar-refractivity contribution in [2.75, 3.05) is 6.61 Å². The van der Waals surface area contributed by atoms with Crippen molar-refractivity contribution < 1.29 is 14.3 Å². The topological polar surface area (TPSA) is 58.6 Å². The lowest BCUT2D eigenvalue weighted by Gasteiger charge is -2.30. The molecule has 3 rings (SSSR count). The minimum absolute atomic E-state index is 0.0948. The zero-order valence-electron chi connectivity index (χ0n) is 19.3. The molecule has 0 heterocycles. The lowest BCUT2D eigenvalue weighted by Crippen LogP contribution is -2.49. The van der Waals surface area contributed by atoms with E-state index in [1.807, 2.05) is 37.3 Å². The summed E-state index contributed by atoms with van der Waals surface area (Å²) < 4.78 is 5.75. The normalized spacial score (nSPS) is 14.7. The summed E-state index contributed by atoms with van der Waals surface area (Å²) in [6, 6.07) is 12.7. The van der Waals surface area contributed by atoms with Gasteiger partial charge < -0.3 is 15.0 Å². The van der Waals surface area contributed by atoms with Gasteiger partial charge in [-0.3, -0.25) is 9.59 Å². The van der Waals surface area contributed by atoms with E-state index in [9.17, 15) is 9.59 Å². The summed E-state index contributed by atoms with van der Waals surface area (Å²) >= 11 is 12.2. The third-order valence-electron chi connectivity index (χ3n) is 6.03. The summed E-state index contributed by atoms with van der Waals surface area (Å²) in [6.07, 6.45) is 5.10.